The zero-order chi connectivity index (χ0) is 20.6. The summed E-state index contributed by atoms with van der Waals surface area (Å²) in [5.41, 5.74) is 0.604. The first-order valence-electron chi connectivity index (χ1n) is 10.3. The lowest BCUT2D eigenvalue weighted by molar-refractivity contribution is -0.479. The first-order chi connectivity index (χ1) is 13.6. The Balaban J connectivity index is 1.42. The summed E-state index contributed by atoms with van der Waals surface area (Å²) < 4.78 is 38.4. The standard InChI is InChI=1S/C21H29BrO6Si/c1-20(2,3)29(4,5)28-16-14-15(23-10-12-8-6-7-9-13(12)22)17-21(11-24-21)18(16)27-19(25-14)26-17/h6-9,14-19H,10-11H2,1-5H3/t14-,15-,16+,17-,18-,19-,21-/m0/s1. The van der Waals surface area contributed by atoms with Gasteiger partial charge in [-0.2, -0.15) is 0 Å². The molecule has 1 aliphatic carbocycles. The molecule has 4 saturated heterocycles. The number of rotatable bonds is 5. The highest BCUT2D eigenvalue weighted by Crippen LogP contribution is 2.55. The average molecular weight is 485 g/mol. The topological polar surface area (TPSA) is 58.7 Å². The van der Waals surface area contributed by atoms with Crippen molar-refractivity contribution in [2.45, 2.75) is 88.1 Å². The second kappa shape index (κ2) is 6.84. The van der Waals surface area contributed by atoms with Gasteiger partial charge in [0.05, 0.1) is 13.2 Å². The van der Waals surface area contributed by atoms with Gasteiger partial charge in [-0.3, -0.25) is 0 Å². The molecule has 160 valence electrons. The zero-order valence-electron chi connectivity index (χ0n) is 17.5. The molecular weight excluding hydrogens is 456 g/mol. The molecule has 5 fully saturated rings. The van der Waals surface area contributed by atoms with E-state index in [9.17, 15) is 0 Å². The van der Waals surface area contributed by atoms with Crippen LogP contribution >= 0.6 is 15.9 Å². The number of halogens is 1. The molecule has 1 saturated carbocycles. The van der Waals surface area contributed by atoms with Gasteiger partial charge in [0.15, 0.2) is 8.32 Å². The lowest BCUT2D eigenvalue weighted by atomic mass is 9.76. The van der Waals surface area contributed by atoms with Crippen LogP contribution in [0.1, 0.15) is 26.3 Å². The molecule has 4 heterocycles. The lowest BCUT2D eigenvalue weighted by Gasteiger charge is -2.60. The van der Waals surface area contributed by atoms with Crippen LogP contribution in [0.5, 0.6) is 0 Å². The summed E-state index contributed by atoms with van der Waals surface area (Å²) >= 11 is 3.60. The Morgan fingerprint density at radius 1 is 1.10 bits per heavy atom. The van der Waals surface area contributed by atoms with Crippen LogP contribution in [-0.4, -0.2) is 57.5 Å². The molecule has 6 nitrogen and oxygen atoms in total. The highest BCUT2D eigenvalue weighted by Gasteiger charge is 2.76. The molecule has 0 aromatic heterocycles. The van der Waals surface area contributed by atoms with E-state index in [0.29, 0.717) is 13.2 Å². The van der Waals surface area contributed by atoms with E-state index < -0.39 is 20.4 Å². The van der Waals surface area contributed by atoms with E-state index >= 15 is 0 Å². The van der Waals surface area contributed by atoms with E-state index in [2.05, 4.69) is 55.9 Å². The maximum Gasteiger partial charge on any atom is 0.273 e. The Labute approximate surface area is 181 Å². The smallest absolute Gasteiger partial charge is 0.273 e. The normalized spacial score (nSPS) is 40.6. The largest absolute Gasteiger partial charge is 0.408 e. The minimum absolute atomic E-state index is 0.0843. The van der Waals surface area contributed by atoms with Gasteiger partial charge >= 0.3 is 0 Å². The van der Waals surface area contributed by atoms with Crippen molar-refractivity contribution in [2.75, 3.05) is 6.61 Å². The third-order valence-electron chi connectivity index (χ3n) is 7.09. The molecule has 6 rings (SSSR count). The highest BCUT2D eigenvalue weighted by molar-refractivity contribution is 9.10. The Hall–Kier alpha value is -0.323. The SMILES string of the molecule is CC(C)(C)[Si](C)(C)O[C@@H]1[C@H]2O[C@@H]3O[C@@H]1[C@]1(CO1)[C@@H](O3)[C@H]2OCc1ccccc1Br. The quantitative estimate of drug-likeness (QED) is 0.465. The van der Waals surface area contributed by atoms with Crippen molar-refractivity contribution in [3.05, 3.63) is 34.3 Å². The van der Waals surface area contributed by atoms with Crippen LogP contribution in [0.2, 0.25) is 18.1 Å². The molecular formula is C21H29BrO6Si. The van der Waals surface area contributed by atoms with Crippen molar-refractivity contribution < 1.29 is 28.1 Å². The first kappa shape index (κ1) is 20.6. The van der Waals surface area contributed by atoms with Gasteiger partial charge in [-0.25, -0.2) is 0 Å². The van der Waals surface area contributed by atoms with E-state index in [-0.39, 0.29) is 35.6 Å². The average Bonchev–Trinajstić information content (AvgIpc) is 3.43. The fourth-order valence-electron chi connectivity index (χ4n) is 4.29. The van der Waals surface area contributed by atoms with E-state index in [0.717, 1.165) is 10.0 Å². The summed E-state index contributed by atoms with van der Waals surface area (Å²) in [6.07, 6.45) is -1.10. The Kier molecular flexibility index (Phi) is 4.85. The lowest BCUT2D eigenvalue weighted by Crippen LogP contribution is -2.78. The minimum atomic E-state index is -2.05. The fraction of sp³-hybridized carbons (Fsp3) is 0.714. The molecule has 4 bridgehead atoms. The number of epoxide rings is 1. The van der Waals surface area contributed by atoms with Crippen LogP contribution < -0.4 is 0 Å². The Morgan fingerprint density at radius 3 is 2.38 bits per heavy atom. The molecule has 8 heteroatoms. The zero-order valence-corrected chi connectivity index (χ0v) is 20.1. The predicted octanol–water partition coefficient (Wildman–Crippen LogP) is 3.97. The summed E-state index contributed by atoms with van der Waals surface area (Å²) in [6, 6.07) is 8.08. The van der Waals surface area contributed by atoms with E-state index in [1.165, 1.54) is 0 Å². The van der Waals surface area contributed by atoms with Gasteiger partial charge < -0.3 is 28.1 Å². The number of ether oxygens (including phenoxy) is 5. The van der Waals surface area contributed by atoms with Gasteiger partial charge in [0.1, 0.15) is 36.1 Å². The number of hydrogen-bond donors (Lipinski definition) is 0. The van der Waals surface area contributed by atoms with Crippen LogP contribution in [0.25, 0.3) is 0 Å². The molecule has 0 amide bonds. The van der Waals surface area contributed by atoms with Gasteiger partial charge in [-0.1, -0.05) is 54.9 Å². The van der Waals surface area contributed by atoms with Crippen LogP contribution in [0.15, 0.2) is 28.7 Å². The van der Waals surface area contributed by atoms with E-state index in [1.807, 2.05) is 18.2 Å². The minimum Gasteiger partial charge on any atom is -0.408 e. The molecule has 0 unspecified atom stereocenters. The van der Waals surface area contributed by atoms with Crippen molar-refractivity contribution in [1.29, 1.82) is 0 Å². The van der Waals surface area contributed by atoms with Crippen molar-refractivity contribution >= 4 is 24.2 Å². The van der Waals surface area contributed by atoms with Crippen LogP contribution in [0.4, 0.5) is 0 Å². The van der Waals surface area contributed by atoms with Crippen molar-refractivity contribution in [3.8, 4) is 0 Å². The molecule has 1 aromatic carbocycles. The molecule has 4 aliphatic heterocycles. The molecule has 0 N–H and O–H groups in total. The maximum atomic E-state index is 6.82. The predicted molar refractivity (Wildman–Crippen MR) is 112 cm³/mol. The Bertz CT molecular complexity index is 792. The van der Waals surface area contributed by atoms with Crippen molar-refractivity contribution in [3.63, 3.8) is 0 Å². The highest BCUT2D eigenvalue weighted by atomic mass is 79.9. The van der Waals surface area contributed by atoms with Gasteiger partial charge in [0.2, 0.25) is 0 Å². The first-order valence-corrected chi connectivity index (χ1v) is 14.0. The number of hydrogen-bond acceptors (Lipinski definition) is 6. The van der Waals surface area contributed by atoms with Crippen molar-refractivity contribution in [2.24, 2.45) is 0 Å². The fourth-order valence-corrected chi connectivity index (χ4v) is 5.99. The molecule has 7 atom stereocenters. The molecule has 0 radical (unpaired) electrons. The molecule has 29 heavy (non-hydrogen) atoms. The monoisotopic (exact) mass is 484 g/mol. The van der Waals surface area contributed by atoms with Crippen LogP contribution in [0.3, 0.4) is 0 Å². The second-order valence-corrected chi connectivity index (χ2v) is 15.6. The second-order valence-electron chi connectivity index (χ2n) is 9.96. The van der Waals surface area contributed by atoms with Crippen LogP contribution in [0, 0.1) is 0 Å². The third kappa shape index (κ3) is 3.27. The molecule has 5 aliphatic rings. The maximum absolute atomic E-state index is 6.82. The summed E-state index contributed by atoms with van der Waals surface area (Å²) in [6.45, 7) is 11.6. The van der Waals surface area contributed by atoms with Gasteiger partial charge in [0, 0.05) is 4.47 Å². The summed E-state index contributed by atoms with van der Waals surface area (Å²) in [5, 5.41) is 0.0843. The Morgan fingerprint density at radius 2 is 1.76 bits per heavy atom. The van der Waals surface area contributed by atoms with Gasteiger partial charge in [-0.15, -0.1) is 0 Å². The summed E-state index contributed by atoms with van der Waals surface area (Å²) in [5.74, 6) is 0. The van der Waals surface area contributed by atoms with Gasteiger partial charge in [0.25, 0.3) is 6.48 Å². The van der Waals surface area contributed by atoms with Gasteiger partial charge in [-0.05, 0) is 29.8 Å². The summed E-state index contributed by atoms with van der Waals surface area (Å²) in [7, 11) is -2.05. The third-order valence-corrected chi connectivity index (χ3v) is 12.3. The van der Waals surface area contributed by atoms with E-state index in [1.54, 1.807) is 0 Å². The molecule has 1 aromatic rings. The van der Waals surface area contributed by atoms with Crippen molar-refractivity contribution in [1.82, 2.24) is 0 Å². The van der Waals surface area contributed by atoms with E-state index in [4.69, 9.17) is 28.1 Å². The van der Waals surface area contributed by atoms with Crippen LogP contribution in [-0.2, 0) is 34.7 Å². The molecule has 1 spiro atoms. The number of benzene rings is 1. The summed E-state index contributed by atoms with van der Waals surface area (Å²) in [4.78, 5) is 0.